The van der Waals surface area contributed by atoms with Gasteiger partial charge in [-0.25, -0.2) is 0 Å². The standard InChI is InChI=1S/C14H13NO3/c1-10-7-8-13(17)15(14(10)18)9-12(16)11-5-3-2-4-6-11/h2-8H,9H2,1H3,(H,17,18)/p+1. The summed E-state index contributed by atoms with van der Waals surface area (Å²) in [5.74, 6) is -0.404. The quantitative estimate of drug-likeness (QED) is 0.636. The zero-order valence-electron chi connectivity index (χ0n) is 10.00. The topological polar surface area (TPSA) is 61.4 Å². The van der Waals surface area contributed by atoms with Crippen molar-refractivity contribution >= 4 is 5.78 Å². The van der Waals surface area contributed by atoms with E-state index in [2.05, 4.69) is 0 Å². The Morgan fingerprint density at radius 3 is 2.44 bits per heavy atom. The van der Waals surface area contributed by atoms with E-state index in [0.29, 0.717) is 11.1 Å². The molecule has 2 N–H and O–H groups in total. The van der Waals surface area contributed by atoms with Gasteiger partial charge in [0.15, 0.2) is 0 Å². The van der Waals surface area contributed by atoms with Gasteiger partial charge in [0.2, 0.25) is 12.3 Å². The van der Waals surface area contributed by atoms with Crippen molar-refractivity contribution in [1.82, 2.24) is 0 Å². The second-order valence-electron chi connectivity index (χ2n) is 4.07. The third kappa shape index (κ3) is 2.32. The van der Waals surface area contributed by atoms with Gasteiger partial charge in [-0.05, 0) is 13.0 Å². The molecule has 0 aliphatic heterocycles. The van der Waals surface area contributed by atoms with Crippen molar-refractivity contribution in [3.05, 3.63) is 53.6 Å². The first-order valence-corrected chi connectivity index (χ1v) is 5.59. The van der Waals surface area contributed by atoms with Crippen LogP contribution in [-0.2, 0) is 6.54 Å². The largest absolute Gasteiger partial charge is 0.460 e. The second kappa shape index (κ2) is 4.87. The summed E-state index contributed by atoms with van der Waals surface area (Å²) in [4.78, 5) is 12.0. The number of aryl methyl sites for hydroxylation is 1. The molecule has 0 fully saturated rings. The van der Waals surface area contributed by atoms with Crippen LogP contribution in [0.15, 0.2) is 42.5 Å². The number of hydrogen-bond acceptors (Lipinski definition) is 3. The minimum absolute atomic E-state index is 0.0939. The van der Waals surface area contributed by atoms with Crippen molar-refractivity contribution in [3.63, 3.8) is 0 Å². The zero-order chi connectivity index (χ0) is 13.1. The molecule has 0 aliphatic carbocycles. The number of aromatic hydroxyl groups is 2. The summed E-state index contributed by atoms with van der Waals surface area (Å²) in [5.41, 5.74) is 1.15. The van der Waals surface area contributed by atoms with Crippen LogP contribution in [0, 0.1) is 6.92 Å². The van der Waals surface area contributed by atoms with Crippen molar-refractivity contribution in [3.8, 4) is 11.8 Å². The number of ketones is 1. The minimum Gasteiger partial charge on any atom is -0.460 e. The Kier molecular flexibility index (Phi) is 3.28. The average Bonchev–Trinajstić information content (AvgIpc) is 2.40. The summed E-state index contributed by atoms with van der Waals surface area (Å²) in [5, 5.41) is 19.5. The van der Waals surface area contributed by atoms with Crippen LogP contribution in [0.25, 0.3) is 0 Å². The van der Waals surface area contributed by atoms with Gasteiger partial charge in [0.1, 0.15) is 0 Å². The van der Waals surface area contributed by atoms with Crippen molar-refractivity contribution in [2.75, 3.05) is 0 Å². The Bertz CT molecular complexity index is 579. The van der Waals surface area contributed by atoms with Crippen molar-refractivity contribution < 1.29 is 19.6 Å². The molecular formula is C14H14NO3+. The number of carbonyl (C=O) groups excluding carboxylic acids is 1. The van der Waals surface area contributed by atoms with Crippen LogP contribution in [0.5, 0.6) is 11.8 Å². The highest BCUT2D eigenvalue weighted by Gasteiger charge is 2.22. The lowest BCUT2D eigenvalue weighted by Crippen LogP contribution is -2.38. The fraction of sp³-hybridized carbons (Fsp3) is 0.143. The summed E-state index contributed by atoms with van der Waals surface area (Å²) in [6, 6.07) is 11.8. The third-order valence-electron chi connectivity index (χ3n) is 2.76. The molecule has 0 saturated carbocycles. The fourth-order valence-electron chi connectivity index (χ4n) is 1.70. The van der Waals surface area contributed by atoms with Crippen LogP contribution in [0.1, 0.15) is 15.9 Å². The molecule has 2 aromatic rings. The summed E-state index contributed by atoms with van der Waals surface area (Å²) in [7, 11) is 0. The van der Waals surface area contributed by atoms with Crippen LogP contribution in [0.3, 0.4) is 0 Å². The van der Waals surface area contributed by atoms with Crippen LogP contribution in [-0.4, -0.2) is 16.0 Å². The van der Waals surface area contributed by atoms with Crippen molar-refractivity contribution in [1.29, 1.82) is 0 Å². The SMILES string of the molecule is Cc1ccc(O)[n+](CC(=O)c2ccccc2)c1O. The highest BCUT2D eigenvalue weighted by molar-refractivity contribution is 5.95. The molecule has 0 amide bonds. The predicted molar refractivity (Wildman–Crippen MR) is 65.5 cm³/mol. The molecule has 0 atom stereocenters. The minimum atomic E-state index is -0.170. The molecule has 0 bridgehead atoms. The summed E-state index contributed by atoms with van der Waals surface area (Å²) in [6.07, 6.45) is 0. The number of rotatable bonds is 3. The van der Waals surface area contributed by atoms with Gasteiger partial charge in [-0.3, -0.25) is 4.79 Å². The Labute approximate surface area is 105 Å². The van der Waals surface area contributed by atoms with Gasteiger partial charge in [0.25, 0.3) is 0 Å². The Hall–Kier alpha value is -2.36. The molecular weight excluding hydrogens is 230 g/mol. The van der Waals surface area contributed by atoms with Gasteiger partial charge < -0.3 is 10.2 Å². The lowest BCUT2D eigenvalue weighted by atomic mass is 10.1. The van der Waals surface area contributed by atoms with E-state index in [1.807, 2.05) is 6.07 Å². The fourth-order valence-corrected chi connectivity index (χ4v) is 1.70. The number of hydrogen-bond donors (Lipinski definition) is 2. The first kappa shape index (κ1) is 12.1. The maximum Gasteiger partial charge on any atom is 0.371 e. The number of Topliss-reactive ketones (excluding diaryl/α,β-unsaturated/α-hetero) is 1. The van der Waals surface area contributed by atoms with E-state index >= 15 is 0 Å². The van der Waals surface area contributed by atoms with E-state index in [0.717, 1.165) is 0 Å². The molecule has 1 heterocycles. The van der Waals surface area contributed by atoms with Gasteiger partial charge in [-0.15, -0.1) is 4.57 Å². The maximum absolute atomic E-state index is 12.0. The summed E-state index contributed by atoms with van der Waals surface area (Å²) in [6.45, 7) is 1.61. The molecule has 0 aliphatic rings. The molecule has 0 radical (unpaired) electrons. The van der Waals surface area contributed by atoms with Gasteiger partial charge in [-0.1, -0.05) is 30.3 Å². The molecule has 0 unspecified atom stereocenters. The number of carbonyl (C=O) groups is 1. The Balaban J connectivity index is 2.30. The maximum atomic E-state index is 12.0. The van der Waals surface area contributed by atoms with Gasteiger partial charge in [-0.2, -0.15) is 0 Å². The normalized spacial score (nSPS) is 10.3. The molecule has 1 aromatic heterocycles. The monoisotopic (exact) mass is 244 g/mol. The zero-order valence-corrected chi connectivity index (χ0v) is 10.00. The summed E-state index contributed by atoms with van der Waals surface area (Å²) < 4.78 is 1.19. The molecule has 4 nitrogen and oxygen atoms in total. The Morgan fingerprint density at radius 2 is 1.78 bits per heavy atom. The lowest BCUT2D eigenvalue weighted by Gasteiger charge is -2.02. The number of nitrogens with zero attached hydrogens (tertiary/aromatic N) is 1. The van der Waals surface area contributed by atoms with E-state index in [1.165, 1.54) is 10.6 Å². The molecule has 4 heteroatoms. The van der Waals surface area contributed by atoms with Crippen LogP contribution in [0.2, 0.25) is 0 Å². The lowest BCUT2D eigenvalue weighted by molar-refractivity contribution is -0.695. The van der Waals surface area contributed by atoms with Crippen molar-refractivity contribution in [2.24, 2.45) is 0 Å². The molecule has 1 aromatic carbocycles. The van der Waals surface area contributed by atoms with Gasteiger partial charge in [0, 0.05) is 5.56 Å². The van der Waals surface area contributed by atoms with Crippen LogP contribution in [0.4, 0.5) is 0 Å². The molecule has 2 rings (SSSR count). The first-order valence-electron chi connectivity index (χ1n) is 5.59. The molecule has 0 spiro atoms. The predicted octanol–water partition coefficient (Wildman–Crippen LogP) is 1.58. The third-order valence-corrected chi connectivity index (χ3v) is 2.76. The first-order chi connectivity index (χ1) is 8.59. The smallest absolute Gasteiger partial charge is 0.371 e. The second-order valence-corrected chi connectivity index (χ2v) is 4.07. The highest BCUT2D eigenvalue weighted by atomic mass is 16.3. The van der Waals surface area contributed by atoms with E-state index in [-0.39, 0.29) is 24.1 Å². The average molecular weight is 244 g/mol. The number of aromatic nitrogens is 1. The van der Waals surface area contributed by atoms with E-state index in [9.17, 15) is 15.0 Å². The Morgan fingerprint density at radius 1 is 1.11 bits per heavy atom. The van der Waals surface area contributed by atoms with Crippen LogP contribution < -0.4 is 4.57 Å². The van der Waals surface area contributed by atoms with E-state index in [1.54, 1.807) is 37.3 Å². The number of benzene rings is 1. The van der Waals surface area contributed by atoms with E-state index < -0.39 is 0 Å². The summed E-state index contributed by atoms with van der Waals surface area (Å²) >= 11 is 0. The highest BCUT2D eigenvalue weighted by Crippen LogP contribution is 2.14. The molecule has 18 heavy (non-hydrogen) atoms. The van der Waals surface area contributed by atoms with Gasteiger partial charge >= 0.3 is 11.8 Å². The van der Waals surface area contributed by atoms with Gasteiger partial charge in [0.05, 0.1) is 11.6 Å². The molecule has 0 saturated heterocycles. The molecule has 92 valence electrons. The number of pyridine rings is 1. The van der Waals surface area contributed by atoms with Crippen LogP contribution >= 0.6 is 0 Å². The van der Waals surface area contributed by atoms with Crippen molar-refractivity contribution in [2.45, 2.75) is 13.5 Å². The van der Waals surface area contributed by atoms with E-state index in [4.69, 9.17) is 0 Å².